The van der Waals surface area contributed by atoms with Gasteiger partial charge in [0.25, 0.3) is 5.56 Å². The Morgan fingerprint density at radius 3 is 2.79 bits per heavy atom. The Morgan fingerprint density at radius 1 is 1.21 bits per heavy atom. The maximum atomic E-state index is 12.2. The SMILES string of the molecule is CCCCSCCn1c(=O)[nH]c2ccccc2c1=O. The lowest BCUT2D eigenvalue weighted by molar-refractivity contribution is 0.690. The summed E-state index contributed by atoms with van der Waals surface area (Å²) in [5.41, 5.74) is 0.0858. The van der Waals surface area contributed by atoms with Gasteiger partial charge < -0.3 is 4.98 Å². The van der Waals surface area contributed by atoms with E-state index in [1.54, 1.807) is 23.9 Å². The van der Waals surface area contributed by atoms with E-state index < -0.39 is 0 Å². The van der Waals surface area contributed by atoms with E-state index >= 15 is 0 Å². The molecule has 2 rings (SSSR count). The van der Waals surface area contributed by atoms with Crippen LogP contribution in [0, 0.1) is 0 Å². The number of aromatic nitrogens is 2. The first-order valence-electron chi connectivity index (χ1n) is 6.53. The zero-order chi connectivity index (χ0) is 13.7. The molecule has 0 spiro atoms. The summed E-state index contributed by atoms with van der Waals surface area (Å²) in [4.78, 5) is 26.8. The van der Waals surface area contributed by atoms with E-state index in [1.165, 1.54) is 17.4 Å². The summed E-state index contributed by atoms with van der Waals surface area (Å²) in [7, 11) is 0. The van der Waals surface area contributed by atoms with Gasteiger partial charge in [0.05, 0.1) is 10.9 Å². The van der Waals surface area contributed by atoms with Gasteiger partial charge in [-0.05, 0) is 24.3 Å². The van der Waals surface area contributed by atoms with Crippen LogP contribution in [0.3, 0.4) is 0 Å². The molecule has 0 amide bonds. The summed E-state index contributed by atoms with van der Waals surface area (Å²) < 4.78 is 1.29. The van der Waals surface area contributed by atoms with Crippen LogP contribution in [-0.2, 0) is 6.54 Å². The Morgan fingerprint density at radius 2 is 2.00 bits per heavy atom. The third kappa shape index (κ3) is 3.29. The number of fused-ring (bicyclic) bond motifs is 1. The van der Waals surface area contributed by atoms with Crippen LogP contribution in [0.4, 0.5) is 0 Å². The van der Waals surface area contributed by atoms with Gasteiger partial charge in [0, 0.05) is 12.3 Å². The highest BCUT2D eigenvalue weighted by molar-refractivity contribution is 7.99. The molecular formula is C14H18N2O2S. The molecule has 1 heterocycles. The molecule has 2 aromatic rings. The molecule has 1 N–H and O–H groups in total. The number of H-pyrrole nitrogens is 1. The Hall–Kier alpha value is -1.49. The molecule has 0 bridgehead atoms. The number of rotatable bonds is 6. The number of hydrogen-bond acceptors (Lipinski definition) is 3. The molecule has 0 fully saturated rings. The molecule has 0 saturated carbocycles. The standard InChI is InChI=1S/C14H18N2O2S/c1-2-3-9-19-10-8-16-13(17)11-6-4-5-7-12(11)15-14(16)18/h4-7H,2-3,8-10H2,1H3,(H,15,18). The lowest BCUT2D eigenvalue weighted by Gasteiger charge is -2.06. The van der Waals surface area contributed by atoms with E-state index in [4.69, 9.17) is 0 Å². The average molecular weight is 278 g/mol. The fourth-order valence-electron chi connectivity index (χ4n) is 1.91. The Balaban J connectivity index is 2.19. The van der Waals surface area contributed by atoms with Gasteiger partial charge in [0.1, 0.15) is 0 Å². The lowest BCUT2D eigenvalue weighted by atomic mass is 10.2. The van der Waals surface area contributed by atoms with Crippen molar-refractivity contribution in [2.75, 3.05) is 11.5 Å². The Labute approximate surface area is 115 Å². The first-order chi connectivity index (χ1) is 9.24. The van der Waals surface area contributed by atoms with Crippen molar-refractivity contribution in [1.82, 2.24) is 9.55 Å². The molecule has 1 aromatic heterocycles. The maximum Gasteiger partial charge on any atom is 0.328 e. The normalized spacial score (nSPS) is 11.0. The molecule has 0 unspecified atom stereocenters. The molecule has 4 nitrogen and oxygen atoms in total. The fraction of sp³-hybridized carbons (Fsp3) is 0.429. The van der Waals surface area contributed by atoms with Gasteiger partial charge in [0.15, 0.2) is 0 Å². The third-order valence-electron chi connectivity index (χ3n) is 2.99. The number of nitrogens with zero attached hydrogens (tertiary/aromatic N) is 1. The largest absolute Gasteiger partial charge is 0.328 e. The first kappa shape index (κ1) is 13.9. The van der Waals surface area contributed by atoms with Crippen molar-refractivity contribution in [2.45, 2.75) is 26.3 Å². The maximum absolute atomic E-state index is 12.2. The number of para-hydroxylation sites is 1. The summed E-state index contributed by atoms with van der Waals surface area (Å²) >= 11 is 1.78. The van der Waals surface area contributed by atoms with E-state index in [-0.39, 0.29) is 11.2 Å². The molecule has 5 heteroatoms. The van der Waals surface area contributed by atoms with Gasteiger partial charge in [-0.25, -0.2) is 4.79 Å². The molecule has 0 aliphatic rings. The summed E-state index contributed by atoms with van der Waals surface area (Å²) in [6.45, 7) is 2.62. The summed E-state index contributed by atoms with van der Waals surface area (Å²) in [5.74, 6) is 1.87. The van der Waals surface area contributed by atoms with E-state index in [1.807, 2.05) is 12.1 Å². The predicted molar refractivity (Wildman–Crippen MR) is 81.1 cm³/mol. The molecule has 1 aromatic carbocycles. The van der Waals surface area contributed by atoms with Crippen molar-refractivity contribution in [3.63, 3.8) is 0 Å². The molecule has 0 atom stereocenters. The van der Waals surface area contributed by atoms with Crippen LogP contribution in [-0.4, -0.2) is 21.1 Å². The minimum atomic E-state index is -0.320. The van der Waals surface area contributed by atoms with Crippen LogP contribution in [0.5, 0.6) is 0 Å². The van der Waals surface area contributed by atoms with Gasteiger partial charge >= 0.3 is 5.69 Å². The van der Waals surface area contributed by atoms with Gasteiger partial charge in [-0.3, -0.25) is 9.36 Å². The van der Waals surface area contributed by atoms with Crippen LogP contribution in [0.2, 0.25) is 0 Å². The van der Waals surface area contributed by atoms with E-state index in [0.717, 1.165) is 11.5 Å². The van der Waals surface area contributed by atoms with Crippen molar-refractivity contribution < 1.29 is 0 Å². The second kappa shape index (κ2) is 6.61. The summed E-state index contributed by atoms with van der Waals surface area (Å²) in [6, 6.07) is 7.11. The Kier molecular flexibility index (Phi) is 4.85. The van der Waals surface area contributed by atoms with Crippen molar-refractivity contribution in [3.8, 4) is 0 Å². The van der Waals surface area contributed by atoms with Gasteiger partial charge in [-0.2, -0.15) is 11.8 Å². The molecule has 0 radical (unpaired) electrons. The highest BCUT2D eigenvalue weighted by Crippen LogP contribution is 2.05. The lowest BCUT2D eigenvalue weighted by Crippen LogP contribution is -2.35. The zero-order valence-electron chi connectivity index (χ0n) is 11.0. The summed E-state index contributed by atoms with van der Waals surface area (Å²) in [6.07, 6.45) is 2.34. The molecule has 0 aliphatic heterocycles. The zero-order valence-corrected chi connectivity index (χ0v) is 11.8. The van der Waals surface area contributed by atoms with E-state index in [9.17, 15) is 9.59 Å². The number of unbranched alkanes of at least 4 members (excludes halogenated alkanes) is 1. The molecule has 102 valence electrons. The first-order valence-corrected chi connectivity index (χ1v) is 7.69. The number of hydrogen-bond donors (Lipinski definition) is 1. The monoisotopic (exact) mass is 278 g/mol. The second-order valence-electron chi connectivity index (χ2n) is 4.40. The van der Waals surface area contributed by atoms with Crippen LogP contribution in [0.15, 0.2) is 33.9 Å². The molecule has 0 aliphatic carbocycles. The fourth-order valence-corrected chi connectivity index (χ4v) is 2.91. The van der Waals surface area contributed by atoms with Crippen molar-refractivity contribution in [1.29, 1.82) is 0 Å². The van der Waals surface area contributed by atoms with Crippen molar-refractivity contribution in [3.05, 3.63) is 45.1 Å². The highest BCUT2D eigenvalue weighted by Gasteiger charge is 2.06. The average Bonchev–Trinajstić information content (AvgIpc) is 2.42. The van der Waals surface area contributed by atoms with Crippen LogP contribution < -0.4 is 11.2 Å². The quantitative estimate of drug-likeness (QED) is 0.824. The summed E-state index contributed by atoms with van der Waals surface area (Å²) in [5, 5.41) is 0.570. The van der Waals surface area contributed by atoms with Gasteiger partial charge in [-0.1, -0.05) is 25.5 Å². The minimum Gasteiger partial charge on any atom is -0.307 e. The third-order valence-corrected chi connectivity index (χ3v) is 4.04. The topological polar surface area (TPSA) is 54.9 Å². The molecular weight excluding hydrogens is 260 g/mol. The smallest absolute Gasteiger partial charge is 0.307 e. The van der Waals surface area contributed by atoms with Crippen molar-refractivity contribution >= 4 is 22.7 Å². The number of thioether (sulfide) groups is 1. The van der Waals surface area contributed by atoms with Gasteiger partial charge in [0.2, 0.25) is 0 Å². The molecule has 0 saturated heterocycles. The number of nitrogens with one attached hydrogen (secondary N) is 1. The van der Waals surface area contributed by atoms with E-state index in [2.05, 4.69) is 11.9 Å². The Bertz CT molecular complexity index is 660. The van der Waals surface area contributed by atoms with Crippen LogP contribution in [0.25, 0.3) is 10.9 Å². The van der Waals surface area contributed by atoms with Crippen LogP contribution >= 0.6 is 11.8 Å². The second-order valence-corrected chi connectivity index (χ2v) is 5.62. The number of benzene rings is 1. The van der Waals surface area contributed by atoms with E-state index in [0.29, 0.717) is 17.4 Å². The van der Waals surface area contributed by atoms with Crippen LogP contribution in [0.1, 0.15) is 19.8 Å². The predicted octanol–water partition coefficient (Wildman–Crippen LogP) is 2.22. The van der Waals surface area contributed by atoms with Crippen molar-refractivity contribution in [2.24, 2.45) is 0 Å². The number of aromatic amines is 1. The molecule has 19 heavy (non-hydrogen) atoms. The highest BCUT2D eigenvalue weighted by atomic mass is 32.2. The van der Waals surface area contributed by atoms with Gasteiger partial charge in [-0.15, -0.1) is 0 Å². The minimum absolute atomic E-state index is 0.199.